The molecule has 0 radical (unpaired) electrons. The summed E-state index contributed by atoms with van der Waals surface area (Å²) in [6.45, 7) is 31.8. The normalized spacial score (nSPS) is 21.9. The molecule has 0 amide bonds. The Kier molecular flexibility index (Phi) is 10.3. The van der Waals surface area contributed by atoms with E-state index in [0.29, 0.717) is 12.8 Å². The van der Waals surface area contributed by atoms with Gasteiger partial charge >= 0.3 is 0 Å². The average molecular weight is 752 g/mol. The van der Waals surface area contributed by atoms with Crippen molar-refractivity contribution in [3.05, 3.63) is 58.7 Å². The fourth-order valence-corrected chi connectivity index (χ4v) is 9.89. The molecule has 2 aliphatic rings. The van der Waals surface area contributed by atoms with E-state index >= 15 is 0 Å². The molecule has 0 aromatic heterocycles. The van der Waals surface area contributed by atoms with Crippen molar-refractivity contribution in [1.29, 1.82) is 0 Å². The third kappa shape index (κ3) is 7.66. The summed E-state index contributed by atoms with van der Waals surface area (Å²) in [5, 5.41) is 0. The summed E-state index contributed by atoms with van der Waals surface area (Å²) in [4.78, 5) is 11.9. The maximum atomic E-state index is 11.9. The minimum atomic E-state index is -4.08. The number of carbonyl (C=O) groups excluding carboxylic acids is 1. The monoisotopic (exact) mass is 751 g/mol. The van der Waals surface area contributed by atoms with E-state index in [4.69, 9.17) is 4.55 Å². The highest BCUT2D eigenvalue weighted by Crippen LogP contribution is 2.64. The van der Waals surface area contributed by atoms with Gasteiger partial charge in [0.05, 0.1) is 45.4 Å². The molecule has 2 unspecified atom stereocenters. The maximum absolute atomic E-state index is 11.9. The number of rotatable bonds is 4. The summed E-state index contributed by atoms with van der Waals surface area (Å²) in [6.07, 6.45) is 1.97. The molecule has 2 atom stereocenters. The number of Topliss-reactive ketones (excluding diaryl/α,β-unsaturated/α-hetero) is 1. The lowest BCUT2D eigenvalue weighted by molar-refractivity contribution is -0.128. The molecule has 0 spiro atoms. The van der Waals surface area contributed by atoms with Gasteiger partial charge in [-0.3, -0.25) is 12.5 Å². The van der Waals surface area contributed by atoms with Crippen LogP contribution in [0.4, 0.5) is 11.4 Å². The first-order chi connectivity index (χ1) is 20.1. The van der Waals surface area contributed by atoms with Gasteiger partial charge in [0.15, 0.2) is 0 Å². The predicted molar refractivity (Wildman–Crippen MR) is 199 cm³/mol. The highest BCUT2D eigenvalue weighted by atomic mass is 127. The van der Waals surface area contributed by atoms with Crippen molar-refractivity contribution >= 4 is 50.1 Å². The molecule has 2 aromatic rings. The Bertz CT molecular complexity index is 1460. The minimum absolute atomic E-state index is 0.0152. The molecule has 252 valence electrons. The van der Waals surface area contributed by atoms with E-state index in [2.05, 4.69) is 145 Å². The van der Waals surface area contributed by atoms with Crippen molar-refractivity contribution in [2.24, 2.45) is 16.7 Å². The number of halogens is 1. The molecule has 1 N–H and O–H groups in total. The smallest absolute Gasteiger partial charge is 0.265 e. The average Bonchev–Trinajstić information content (AvgIpc) is 3.19. The first kappa shape index (κ1) is 38.0. The van der Waals surface area contributed by atoms with Gasteiger partial charge in [0, 0.05) is 6.42 Å². The fourth-order valence-electron chi connectivity index (χ4n) is 7.78. The Morgan fingerprint density at radius 2 is 1.18 bits per heavy atom. The van der Waals surface area contributed by atoms with Crippen molar-refractivity contribution in [1.82, 2.24) is 0 Å². The molecule has 2 aliphatic carbocycles. The standard InChI is InChI=1S/C28H42IN.C10H16O4S/c1-25(2,3)19-15-13-17-21(23(19)27(7,8)9)30(29)22-18-14-16-20(26(4,5)6)24(22)28(10,11)12;1-9(2)7-3-4-10(9,8(11)5-7)6-15(12,13)14/h13-18H,1-12H3;7H,3-6H2,1-2H3,(H,12,13,14). The zero-order chi connectivity index (χ0) is 34.8. The molecule has 0 aliphatic heterocycles. The number of nitrogens with zero attached hydrogens (tertiary/aromatic N) is 1. The van der Waals surface area contributed by atoms with Gasteiger partial charge in [-0.2, -0.15) is 8.42 Å². The van der Waals surface area contributed by atoms with Gasteiger partial charge in [-0.05, 0) is 80.2 Å². The SMILES string of the molecule is CC(C)(C)c1cccc(N(I)c2cccc(C(C)(C)C)c2C(C)(C)C)c1C(C)(C)C.CC1(C)C2CCC1(CS(=O)(=O)O)C(=O)C2. The Hall–Kier alpha value is -1.45. The Labute approximate surface area is 288 Å². The van der Waals surface area contributed by atoms with Crippen molar-refractivity contribution in [2.75, 3.05) is 8.87 Å². The summed E-state index contributed by atoms with van der Waals surface area (Å²) in [6, 6.07) is 13.6. The van der Waals surface area contributed by atoms with E-state index < -0.39 is 21.3 Å². The van der Waals surface area contributed by atoms with Crippen LogP contribution in [0.5, 0.6) is 0 Å². The van der Waals surface area contributed by atoms with E-state index in [0.717, 1.165) is 6.42 Å². The van der Waals surface area contributed by atoms with Crippen LogP contribution in [0.25, 0.3) is 0 Å². The van der Waals surface area contributed by atoms with Crippen LogP contribution >= 0.6 is 22.9 Å². The molecule has 4 rings (SSSR count). The molecule has 45 heavy (non-hydrogen) atoms. The van der Waals surface area contributed by atoms with Gasteiger partial charge in [0.1, 0.15) is 5.78 Å². The van der Waals surface area contributed by atoms with Gasteiger partial charge in [0.25, 0.3) is 10.1 Å². The van der Waals surface area contributed by atoms with Crippen LogP contribution in [-0.2, 0) is 36.6 Å². The van der Waals surface area contributed by atoms with Crippen molar-refractivity contribution < 1.29 is 17.8 Å². The van der Waals surface area contributed by atoms with Gasteiger partial charge < -0.3 is 0 Å². The quantitative estimate of drug-likeness (QED) is 0.191. The Balaban J connectivity index is 0.000000305. The van der Waals surface area contributed by atoms with Gasteiger partial charge in [-0.25, -0.2) is 0 Å². The van der Waals surface area contributed by atoms with Crippen LogP contribution in [0.15, 0.2) is 36.4 Å². The molecule has 5 nitrogen and oxygen atoms in total. The van der Waals surface area contributed by atoms with Crippen LogP contribution in [0.3, 0.4) is 0 Å². The summed E-state index contributed by atoms with van der Waals surface area (Å²) in [7, 11) is -4.08. The van der Waals surface area contributed by atoms with Crippen molar-refractivity contribution in [2.45, 2.75) is 138 Å². The molecule has 0 saturated heterocycles. The topological polar surface area (TPSA) is 74.7 Å². The third-order valence-corrected chi connectivity index (χ3v) is 12.1. The molecule has 2 fully saturated rings. The van der Waals surface area contributed by atoms with Crippen LogP contribution in [0.1, 0.15) is 138 Å². The Morgan fingerprint density at radius 3 is 1.44 bits per heavy atom. The number of carbonyl (C=O) groups is 1. The second-order valence-electron chi connectivity index (χ2n) is 18.1. The first-order valence-corrected chi connectivity index (χ1v) is 18.9. The number of hydrogen-bond donors (Lipinski definition) is 1. The predicted octanol–water partition coefficient (Wildman–Crippen LogP) is 10.6. The summed E-state index contributed by atoms with van der Waals surface area (Å²) < 4.78 is 33.4. The number of hydrogen-bond acceptors (Lipinski definition) is 4. The second-order valence-corrected chi connectivity index (χ2v) is 20.5. The van der Waals surface area contributed by atoms with Crippen LogP contribution in [-0.4, -0.2) is 24.5 Å². The first-order valence-electron chi connectivity index (χ1n) is 16.3. The number of fused-ring (bicyclic) bond motifs is 2. The highest BCUT2D eigenvalue weighted by Gasteiger charge is 2.65. The van der Waals surface area contributed by atoms with E-state index in [1.54, 1.807) is 0 Å². The van der Waals surface area contributed by atoms with E-state index in [1.165, 1.54) is 33.6 Å². The maximum Gasteiger partial charge on any atom is 0.265 e. The van der Waals surface area contributed by atoms with E-state index in [-0.39, 0.29) is 38.8 Å². The third-order valence-electron chi connectivity index (χ3n) is 10.2. The zero-order valence-electron chi connectivity index (χ0n) is 30.3. The minimum Gasteiger partial charge on any atom is -0.299 e. The molecule has 7 heteroatoms. The van der Waals surface area contributed by atoms with Crippen LogP contribution in [0, 0.1) is 16.7 Å². The molecule has 2 aromatic carbocycles. The molecular formula is C38H58INO4S. The molecule has 2 saturated carbocycles. The Morgan fingerprint density at radius 1 is 0.778 bits per heavy atom. The molecular weight excluding hydrogens is 693 g/mol. The summed E-state index contributed by atoms with van der Waals surface area (Å²) in [5.74, 6) is -0.101. The largest absolute Gasteiger partial charge is 0.299 e. The lowest BCUT2D eigenvalue weighted by Crippen LogP contribution is -2.42. The molecule has 2 bridgehead atoms. The number of anilines is 2. The van der Waals surface area contributed by atoms with E-state index in [9.17, 15) is 13.2 Å². The van der Waals surface area contributed by atoms with Crippen molar-refractivity contribution in [3.63, 3.8) is 0 Å². The lowest BCUT2D eigenvalue weighted by atomic mass is 9.70. The summed E-state index contributed by atoms with van der Waals surface area (Å²) in [5.41, 5.74) is 7.49. The fraction of sp³-hybridized carbons (Fsp3) is 0.658. The highest BCUT2D eigenvalue weighted by molar-refractivity contribution is 14.1. The van der Waals surface area contributed by atoms with E-state index in [1.807, 2.05) is 13.8 Å². The zero-order valence-corrected chi connectivity index (χ0v) is 33.2. The second kappa shape index (κ2) is 12.2. The van der Waals surface area contributed by atoms with Crippen molar-refractivity contribution in [3.8, 4) is 0 Å². The summed E-state index contributed by atoms with van der Waals surface area (Å²) >= 11 is 2.53. The van der Waals surface area contributed by atoms with Crippen LogP contribution < -0.4 is 3.11 Å². The van der Waals surface area contributed by atoms with Crippen LogP contribution in [0.2, 0.25) is 0 Å². The van der Waals surface area contributed by atoms with Gasteiger partial charge in [-0.15, -0.1) is 0 Å². The van der Waals surface area contributed by atoms with Gasteiger partial charge in [0.2, 0.25) is 0 Å². The lowest BCUT2D eigenvalue weighted by Gasteiger charge is -2.37. The molecule has 0 heterocycles. The van der Waals surface area contributed by atoms with Gasteiger partial charge in [-0.1, -0.05) is 121 Å². The number of benzene rings is 2. The number of ketones is 1.